The maximum Gasteiger partial charge on any atom is 0.231 e. The number of rotatable bonds is 6. The van der Waals surface area contributed by atoms with Crippen LogP contribution in [0.5, 0.6) is 0 Å². The Labute approximate surface area is 156 Å². The number of nitrogens with one attached hydrogen (secondary N) is 2. The number of aryl methyl sites for hydroxylation is 1. The molecule has 2 heterocycles. The zero-order valence-electron chi connectivity index (χ0n) is 14.9. The van der Waals surface area contributed by atoms with Gasteiger partial charge in [0.25, 0.3) is 0 Å². The molecule has 7 heteroatoms. The first-order chi connectivity index (χ1) is 13.1. The Hall–Kier alpha value is -3.19. The van der Waals surface area contributed by atoms with E-state index in [2.05, 4.69) is 45.8 Å². The van der Waals surface area contributed by atoms with E-state index in [1.807, 2.05) is 17.0 Å². The van der Waals surface area contributed by atoms with E-state index in [1.165, 1.54) is 10.8 Å². The topological polar surface area (TPSA) is 104 Å². The second-order valence-corrected chi connectivity index (χ2v) is 6.87. The van der Waals surface area contributed by atoms with Crippen molar-refractivity contribution in [3.05, 3.63) is 59.3 Å². The van der Waals surface area contributed by atoms with E-state index < -0.39 is 0 Å². The first-order valence-corrected chi connectivity index (χ1v) is 8.93. The van der Waals surface area contributed by atoms with Crippen molar-refractivity contribution in [1.82, 2.24) is 15.1 Å². The number of aromatic amines is 1. The summed E-state index contributed by atoms with van der Waals surface area (Å²) in [5, 5.41) is 12.4. The molecule has 1 aliphatic heterocycles. The quantitative estimate of drug-likeness (QED) is 0.622. The highest BCUT2D eigenvalue weighted by atomic mass is 16.2. The van der Waals surface area contributed by atoms with Gasteiger partial charge in [-0.05, 0) is 22.8 Å². The number of primary amides is 1. The van der Waals surface area contributed by atoms with Crippen molar-refractivity contribution in [3.63, 3.8) is 0 Å². The molecule has 4 rings (SSSR count). The largest absolute Gasteiger partial charge is 0.369 e. The summed E-state index contributed by atoms with van der Waals surface area (Å²) in [6.45, 7) is 1.29. The van der Waals surface area contributed by atoms with Gasteiger partial charge in [0.15, 0.2) is 0 Å². The van der Waals surface area contributed by atoms with Crippen LogP contribution < -0.4 is 11.1 Å². The third-order valence-corrected chi connectivity index (χ3v) is 4.81. The Bertz CT molecular complexity index is 1010. The third-order valence-electron chi connectivity index (χ3n) is 4.81. The van der Waals surface area contributed by atoms with Gasteiger partial charge < -0.3 is 11.1 Å². The highest BCUT2D eigenvalue weighted by Gasteiger charge is 2.26. The lowest BCUT2D eigenvalue weighted by molar-refractivity contribution is -0.119. The van der Waals surface area contributed by atoms with Crippen LogP contribution in [-0.4, -0.2) is 33.5 Å². The molecule has 0 radical (unpaired) electrons. The van der Waals surface area contributed by atoms with Gasteiger partial charge in [-0.2, -0.15) is 5.10 Å². The van der Waals surface area contributed by atoms with Crippen molar-refractivity contribution < 1.29 is 9.59 Å². The van der Waals surface area contributed by atoms with Crippen LogP contribution in [0.2, 0.25) is 0 Å². The van der Waals surface area contributed by atoms with E-state index in [0.717, 1.165) is 16.8 Å². The fourth-order valence-corrected chi connectivity index (χ4v) is 3.48. The summed E-state index contributed by atoms with van der Waals surface area (Å²) in [7, 11) is 0. The molecular formula is C20H21N5O2. The zero-order chi connectivity index (χ0) is 18.8. The van der Waals surface area contributed by atoms with Crippen LogP contribution in [0.25, 0.3) is 10.8 Å². The third kappa shape index (κ3) is 3.83. The van der Waals surface area contributed by atoms with Gasteiger partial charge in [0.05, 0.1) is 12.2 Å². The number of fused-ring (bicyclic) bond motifs is 2. The molecule has 3 aromatic rings. The van der Waals surface area contributed by atoms with Gasteiger partial charge in [-0.25, -0.2) is 0 Å². The van der Waals surface area contributed by atoms with Crippen LogP contribution >= 0.6 is 0 Å². The van der Waals surface area contributed by atoms with E-state index in [-0.39, 0.29) is 18.4 Å². The standard InChI is InChI=1S/C20H21N5O2/c21-18(26)12-25-10-16-17(11-25)23-24-20(16)22-19(27)8-6-13-5-7-14-3-1-2-4-15(14)9-13/h1-5,7,9H,6,8,10-12H2,(H2,21,26)(H2,22,23,24,27). The number of carbonyl (C=O) groups is 2. The lowest BCUT2D eigenvalue weighted by Gasteiger charge is -2.12. The maximum absolute atomic E-state index is 12.4. The molecule has 4 N–H and O–H groups in total. The number of anilines is 1. The number of hydrogen-bond donors (Lipinski definition) is 3. The second-order valence-electron chi connectivity index (χ2n) is 6.87. The number of carbonyl (C=O) groups excluding carboxylic acids is 2. The molecule has 0 spiro atoms. The van der Waals surface area contributed by atoms with Crippen molar-refractivity contribution in [2.75, 3.05) is 11.9 Å². The highest BCUT2D eigenvalue weighted by molar-refractivity contribution is 5.91. The molecule has 2 amide bonds. The second kappa shape index (κ2) is 7.20. The predicted octanol–water partition coefficient (Wildman–Crippen LogP) is 1.94. The van der Waals surface area contributed by atoms with Gasteiger partial charge in [-0.1, -0.05) is 42.5 Å². The van der Waals surface area contributed by atoms with E-state index in [1.54, 1.807) is 0 Å². The zero-order valence-corrected chi connectivity index (χ0v) is 14.9. The average molecular weight is 363 g/mol. The number of H-pyrrole nitrogens is 1. The monoisotopic (exact) mass is 363 g/mol. The molecule has 0 bridgehead atoms. The minimum absolute atomic E-state index is 0.0667. The van der Waals surface area contributed by atoms with Crippen molar-refractivity contribution in [3.8, 4) is 0 Å². The van der Waals surface area contributed by atoms with Gasteiger partial charge in [0.2, 0.25) is 11.8 Å². The molecule has 0 saturated carbocycles. The minimum Gasteiger partial charge on any atom is -0.369 e. The van der Waals surface area contributed by atoms with Crippen LogP contribution in [0.15, 0.2) is 42.5 Å². The summed E-state index contributed by atoms with van der Waals surface area (Å²) in [4.78, 5) is 25.3. The molecule has 0 aliphatic carbocycles. The molecule has 7 nitrogen and oxygen atoms in total. The molecule has 1 aliphatic rings. The Balaban J connectivity index is 1.36. The molecule has 1 aromatic heterocycles. The summed E-state index contributed by atoms with van der Waals surface area (Å²) in [5.74, 6) is 0.175. The van der Waals surface area contributed by atoms with E-state index in [9.17, 15) is 9.59 Å². The van der Waals surface area contributed by atoms with Crippen LogP contribution in [0, 0.1) is 0 Å². The van der Waals surface area contributed by atoms with Crippen molar-refractivity contribution in [2.45, 2.75) is 25.9 Å². The van der Waals surface area contributed by atoms with Crippen LogP contribution in [0.1, 0.15) is 23.2 Å². The Morgan fingerprint density at radius 1 is 1.15 bits per heavy atom. The number of aromatic nitrogens is 2. The Morgan fingerprint density at radius 2 is 1.96 bits per heavy atom. The smallest absolute Gasteiger partial charge is 0.231 e. The first-order valence-electron chi connectivity index (χ1n) is 8.93. The lowest BCUT2D eigenvalue weighted by Crippen LogP contribution is -2.30. The summed E-state index contributed by atoms with van der Waals surface area (Å²) in [5.41, 5.74) is 8.15. The van der Waals surface area contributed by atoms with Gasteiger partial charge in [-0.15, -0.1) is 0 Å². The average Bonchev–Trinajstić information content (AvgIpc) is 3.20. The lowest BCUT2D eigenvalue weighted by atomic mass is 10.0. The summed E-state index contributed by atoms with van der Waals surface area (Å²) >= 11 is 0. The van der Waals surface area contributed by atoms with Gasteiger partial charge in [0.1, 0.15) is 5.82 Å². The van der Waals surface area contributed by atoms with Crippen LogP contribution in [-0.2, 0) is 29.1 Å². The highest BCUT2D eigenvalue weighted by Crippen LogP contribution is 2.26. The molecule has 0 saturated heterocycles. The fourth-order valence-electron chi connectivity index (χ4n) is 3.48. The SMILES string of the molecule is NC(=O)CN1Cc2n[nH]c(NC(=O)CCc3ccc4ccccc4c3)c2C1. The van der Waals surface area contributed by atoms with Crippen LogP contribution in [0.3, 0.4) is 0 Å². The first kappa shape index (κ1) is 17.2. The molecule has 0 unspecified atom stereocenters. The summed E-state index contributed by atoms with van der Waals surface area (Å²) in [6, 6.07) is 14.4. The molecule has 138 valence electrons. The van der Waals surface area contributed by atoms with Crippen LogP contribution in [0.4, 0.5) is 5.82 Å². The maximum atomic E-state index is 12.4. The summed E-state index contributed by atoms with van der Waals surface area (Å²) in [6.07, 6.45) is 1.05. The molecule has 2 aromatic carbocycles. The molecule has 0 fully saturated rings. The minimum atomic E-state index is -0.370. The van der Waals surface area contributed by atoms with Crippen molar-refractivity contribution >= 4 is 28.4 Å². The van der Waals surface area contributed by atoms with Gasteiger partial charge >= 0.3 is 0 Å². The molecule has 0 atom stereocenters. The van der Waals surface area contributed by atoms with Crippen molar-refractivity contribution in [2.24, 2.45) is 5.73 Å². The number of nitrogens with two attached hydrogens (primary N) is 1. The fraction of sp³-hybridized carbons (Fsp3) is 0.250. The normalized spacial score (nSPS) is 13.6. The predicted molar refractivity (Wildman–Crippen MR) is 103 cm³/mol. The van der Waals surface area contributed by atoms with Gasteiger partial charge in [0, 0.05) is 25.1 Å². The summed E-state index contributed by atoms with van der Waals surface area (Å²) < 4.78 is 0. The van der Waals surface area contributed by atoms with Crippen molar-refractivity contribution in [1.29, 1.82) is 0 Å². The molecular weight excluding hydrogens is 342 g/mol. The number of nitrogens with zero attached hydrogens (tertiary/aromatic N) is 2. The number of amides is 2. The number of benzene rings is 2. The Kier molecular flexibility index (Phi) is 4.60. The van der Waals surface area contributed by atoms with Gasteiger partial charge in [-0.3, -0.25) is 19.6 Å². The van der Waals surface area contributed by atoms with E-state index in [4.69, 9.17) is 5.73 Å². The van der Waals surface area contributed by atoms with E-state index in [0.29, 0.717) is 31.7 Å². The van der Waals surface area contributed by atoms with E-state index >= 15 is 0 Å². The molecule has 27 heavy (non-hydrogen) atoms. The Morgan fingerprint density at radius 3 is 2.78 bits per heavy atom. The number of hydrogen-bond acceptors (Lipinski definition) is 4.